The second kappa shape index (κ2) is 6.14. The van der Waals surface area contributed by atoms with Gasteiger partial charge in [-0.25, -0.2) is 0 Å². The predicted octanol–water partition coefficient (Wildman–Crippen LogP) is 2.56. The van der Waals surface area contributed by atoms with Gasteiger partial charge in [-0.1, -0.05) is 25.7 Å². The molecule has 0 unspecified atom stereocenters. The number of hydrogen-bond donors (Lipinski definition) is 0. The maximum Gasteiger partial charge on any atom is 0.135 e. The number of carbonyl (C=O) groups excluding carboxylic acids is 1. The van der Waals surface area contributed by atoms with Gasteiger partial charge in [-0.3, -0.25) is 4.79 Å². The first-order valence-electron chi connectivity index (χ1n) is 5.42. The van der Waals surface area contributed by atoms with Crippen LogP contribution in [-0.4, -0.2) is 19.0 Å². The van der Waals surface area contributed by atoms with Gasteiger partial charge in [0.2, 0.25) is 0 Å². The van der Waals surface area contributed by atoms with Gasteiger partial charge in [-0.2, -0.15) is 0 Å². The minimum absolute atomic E-state index is 0.389. The lowest BCUT2D eigenvalue weighted by molar-refractivity contribution is -0.120. The summed E-state index contributed by atoms with van der Waals surface area (Å²) in [6.07, 6.45) is 6.59. The Morgan fingerprint density at radius 1 is 1.38 bits per heavy atom. The van der Waals surface area contributed by atoms with Crippen molar-refractivity contribution in [2.24, 2.45) is 5.92 Å². The number of carbonyl (C=O) groups is 1. The fourth-order valence-electron chi connectivity index (χ4n) is 1.97. The highest BCUT2D eigenvalue weighted by molar-refractivity contribution is 5.78. The first kappa shape index (κ1) is 10.7. The van der Waals surface area contributed by atoms with Gasteiger partial charge < -0.3 is 4.74 Å². The molecule has 0 atom stereocenters. The predicted molar refractivity (Wildman–Crippen MR) is 52.7 cm³/mol. The first-order chi connectivity index (χ1) is 6.33. The molecule has 1 aliphatic rings. The maximum atomic E-state index is 11.4. The van der Waals surface area contributed by atoms with Crippen molar-refractivity contribution in [3.63, 3.8) is 0 Å². The average Bonchev–Trinajstić information content (AvgIpc) is 2.57. The Morgan fingerprint density at radius 2 is 2.08 bits per heavy atom. The summed E-state index contributed by atoms with van der Waals surface area (Å²) in [7, 11) is 0. The topological polar surface area (TPSA) is 26.3 Å². The third-order valence-electron chi connectivity index (χ3n) is 2.72. The Morgan fingerprint density at radius 3 is 2.69 bits per heavy atom. The highest BCUT2D eigenvalue weighted by Gasteiger charge is 2.17. The summed E-state index contributed by atoms with van der Waals surface area (Å²) in [5, 5.41) is 0. The number of ketones is 1. The van der Waals surface area contributed by atoms with Crippen LogP contribution in [0.2, 0.25) is 0 Å². The third-order valence-corrected chi connectivity index (χ3v) is 2.72. The monoisotopic (exact) mass is 184 g/mol. The molecule has 0 aromatic rings. The highest BCUT2D eigenvalue weighted by atomic mass is 16.5. The lowest BCUT2D eigenvalue weighted by atomic mass is 10.00. The van der Waals surface area contributed by atoms with Crippen molar-refractivity contribution in [2.75, 3.05) is 13.2 Å². The zero-order valence-corrected chi connectivity index (χ0v) is 8.55. The van der Waals surface area contributed by atoms with E-state index in [-0.39, 0.29) is 0 Å². The van der Waals surface area contributed by atoms with E-state index < -0.39 is 0 Å². The molecule has 76 valence electrons. The van der Waals surface area contributed by atoms with Gasteiger partial charge in [-0.05, 0) is 12.8 Å². The van der Waals surface area contributed by atoms with E-state index in [1.165, 1.54) is 25.7 Å². The fourth-order valence-corrected chi connectivity index (χ4v) is 1.97. The number of ether oxygens (including phenoxy) is 1. The minimum atomic E-state index is 0.389. The molecule has 0 aromatic heterocycles. The van der Waals surface area contributed by atoms with Gasteiger partial charge >= 0.3 is 0 Å². The van der Waals surface area contributed by atoms with Crippen molar-refractivity contribution in [3.05, 3.63) is 0 Å². The van der Waals surface area contributed by atoms with Crippen LogP contribution in [0, 0.1) is 5.92 Å². The molecular weight excluding hydrogens is 164 g/mol. The third kappa shape index (κ3) is 4.41. The van der Waals surface area contributed by atoms with E-state index in [0.29, 0.717) is 24.7 Å². The van der Waals surface area contributed by atoms with Crippen LogP contribution < -0.4 is 0 Å². The second-order valence-corrected chi connectivity index (χ2v) is 3.84. The highest BCUT2D eigenvalue weighted by Crippen LogP contribution is 2.27. The molecule has 13 heavy (non-hydrogen) atoms. The van der Waals surface area contributed by atoms with Gasteiger partial charge in [0.15, 0.2) is 0 Å². The summed E-state index contributed by atoms with van der Waals surface area (Å²) < 4.78 is 5.15. The molecular formula is C11H20O2. The molecule has 0 aliphatic heterocycles. The SMILES string of the molecule is CCOCCC(=O)CC1CCCC1. The Balaban J connectivity index is 2.02. The molecule has 0 amide bonds. The van der Waals surface area contributed by atoms with Gasteiger partial charge in [0.05, 0.1) is 6.61 Å². The lowest BCUT2D eigenvalue weighted by Gasteiger charge is -2.07. The summed E-state index contributed by atoms with van der Waals surface area (Å²) in [5.74, 6) is 1.08. The smallest absolute Gasteiger partial charge is 0.135 e. The Hall–Kier alpha value is -0.370. The Kier molecular flexibility index (Phi) is 5.06. The summed E-state index contributed by atoms with van der Waals surface area (Å²) in [5.41, 5.74) is 0. The molecule has 0 heterocycles. The van der Waals surface area contributed by atoms with Crippen LogP contribution in [0.5, 0.6) is 0 Å². The largest absolute Gasteiger partial charge is 0.381 e. The Labute approximate surface area is 80.7 Å². The number of rotatable bonds is 6. The zero-order chi connectivity index (χ0) is 9.52. The van der Waals surface area contributed by atoms with E-state index in [2.05, 4.69) is 0 Å². The zero-order valence-electron chi connectivity index (χ0n) is 8.55. The van der Waals surface area contributed by atoms with Crippen LogP contribution in [-0.2, 0) is 9.53 Å². The van der Waals surface area contributed by atoms with E-state index >= 15 is 0 Å². The van der Waals surface area contributed by atoms with E-state index in [1.54, 1.807) is 0 Å². The van der Waals surface area contributed by atoms with Crippen LogP contribution in [0.4, 0.5) is 0 Å². The van der Waals surface area contributed by atoms with Gasteiger partial charge in [-0.15, -0.1) is 0 Å². The summed E-state index contributed by atoms with van der Waals surface area (Å²) >= 11 is 0. The number of hydrogen-bond acceptors (Lipinski definition) is 2. The van der Waals surface area contributed by atoms with Crippen molar-refractivity contribution in [1.29, 1.82) is 0 Å². The molecule has 1 saturated carbocycles. The van der Waals surface area contributed by atoms with Crippen molar-refractivity contribution in [1.82, 2.24) is 0 Å². The van der Waals surface area contributed by atoms with Crippen LogP contribution >= 0.6 is 0 Å². The normalized spacial score (nSPS) is 17.9. The van der Waals surface area contributed by atoms with Crippen molar-refractivity contribution >= 4 is 5.78 Å². The van der Waals surface area contributed by atoms with Crippen LogP contribution in [0.15, 0.2) is 0 Å². The summed E-state index contributed by atoms with van der Waals surface area (Å²) in [6, 6.07) is 0. The summed E-state index contributed by atoms with van der Waals surface area (Å²) in [4.78, 5) is 11.4. The van der Waals surface area contributed by atoms with Gasteiger partial charge in [0, 0.05) is 19.4 Å². The molecule has 0 bridgehead atoms. The van der Waals surface area contributed by atoms with Gasteiger partial charge in [0.1, 0.15) is 5.78 Å². The fraction of sp³-hybridized carbons (Fsp3) is 0.909. The minimum Gasteiger partial charge on any atom is -0.381 e. The van der Waals surface area contributed by atoms with Crippen molar-refractivity contribution < 1.29 is 9.53 Å². The molecule has 2 nitrogen and oxygen atoms in total. The van der Waals surface area contributed by atoms with E-state index in [1.807, 2.05) is 6.92 Å². The quantitative estimate of drug-likeness (QED) is 0.593. The van der Waals surface area contributed by atoms with Crippen molar-refractivity contribution in [2.45, 2.75) is 45.4 Å². The van der Waals surface area contributed by atoms with E-state index in [0.717, 1.165) is 13.0 Å². The second-order valence-electron chi connectivity index (χ2n) is 3.84. The molecule has 0 aromatic carbocycles. The van der Waals surface area contributed by atoms with Crippen molar-refractivity contribution in [3.8, 4) is 0 Å². The molecule has 0 saturated heterocycles. The molecule has 1 rings (SSSR count). The van der Waals surface area contributed by atoms with Gasteiger partial charge in [0.25, 0.3) is 0 Å². The first-order valence-corrected chi connectivity index (χ1v) is 5.42. The van der Waals surface area contributed by atoms with Crippen LogP contribution in [0.25, 0.3) is 0 Å². The van der Waals surface area contributed by atoms with Crippen LogP contribution in [0.1, 0.15) is 45.4 Å². The summed E-state index contributed by atoms with van der Waals surface area (Å²) in [6.45, 7) is 3.29. The van der Waals surface area contributed by atoms with E-state index in [4.69, 9.17) is 4.74 Å². The lowest BCUT2D eigenvalue weighted by Crippen LogP contribution is -2.08. The number of Topliss-reactive ketones (excluding diaryl/α,β-unsaturated/α-hetero) is 1. The average molecular weight is 184 g/mol. The molecule has 1 fully saturated rings. The maximum absolute atomic E-state index is 11.4. The van der Waals surface area contributed by atoms with E-state index in [9.17, 15) is 4.79 Å². The molecule has 0 spiro atoms. The molecule has 1 aliphatic carbocycles. The van der Waals surface area contributed by atoms with Crippen LogP contribution in [0.3, 0.4) is 0 Å². The standard InChI is InChI=1S/C11H20O2/c1-2-13-8-7-11(12)9-10-5-3-4-6-10/h10H,2-9H2,1H3. The molecule has 2 heteroatoms. The molecule has 0 N–H and O–H groups in total. The molecule has 0 radical (unpaired) electrons. The Bertz CT molecular complexity index is 148.